The van der Waals surface area contributed by atoms with Crippen LogP contribution >= 0.6 is 0 Å². The fourth-order valence-electron chi connectivity index (χ4n) is 3.05. The normalized spacial score (nSPS) is 11.8. The Labute approximate surface area is 137 Å². The molecule has 6 nitrogen and oxygen atoms in total. The maximum atomic E-state index is 5.71. The van der Waals surface area contributed by atoms with E-state index >= 15 is 0 Å². The van der Waals surface area contributed by atoms with E-state index in [9.17, 15) is 0 Å². The first-order valence-corrected chi connectivity index (χ1v) is 7.58. The van der Waals surface area contributed by atoms with Gasteiger partial charge in [-0.15, -0.1) is 0 Å². The molecule has 0 fully saturated rings. The number of fused-ring (bicyclic) bond motifs is 2. The number of aromatic nitrogens is 4. The molecule has 4 aromatic heterocycles. The van der Waals surface area contributed by atoms with Gasteiger partial charge in [-0.3, -0.25) is 0 Å². The molecule has 0 aliphatic heterocycles. The summed E-state index contributed by atoms with van der Waals surface area (Å²) in [5, 5.41) is 2.03. The van der Waals surface area contributed by atoms with E-state index in [1.165, 1.54) is 0 Å². The number of nitrogens with zero attached hydrogens (tertiary/aromatic N) is 4. The van der Waals surface area contributed by atoms with Crippen molar-refractivity contribution in [1.29, 1.82) is 0 Å². The van der Waals surface area contributed by atoms with Gasteiger partial charge in [0, 0.05) is 54.5 Å². The second kappa shape index (κ2) is 4.61. The molecule has 0 aliphatic carbocycles. The number of hydrogen-bond acceptors (Lipinski definition) is 4. The molecular formula is C18H14N4O2. The predicted octanol–water partition coefficient (Wildman–Crippen LogP) is 3.98. The van der Waals surface area contributed by atoms with Gasteiger partial charge >= 0.3 is 0 Å². The van der Waals surface area contributed by atoms with Crippen LogP contribution in [0, 0.1) is 0 Å². The Bertz CT molecular complexity index is 1100. The van der Waals surface area contributed by atoms with Crippen LogP contribution in [0.5, 0.6) is 0 Å². The van der Waals surface area contributed by atoms with Gasteiger partial charge in [0.25, 0.3) is 0 Å². The van der Waals surface area contributed by atoms with E-state index in [4.69, 9.17) is 8.83 Å². The standard InChI is InChI=1S/C18H14N4O2/c1-21-5-15(19-9-21)13-7-23-17-4-18-12(3-11(13)17)14(8-24-18)16-6-22(2)10-20-16/h3-10H,1-2H3. The smallest absolute Gasteiger partial charge is 0.138 e. The maximum absolute atomic E-state index is 5.71. The van der Waals surface area contributed by atoms with Crippen LogP contribution in [0.2, 0.25) is 0 Å². The molecule has 0 unspecified atom stereocenters. The molecule has 5 rings (SSSR count). The van der Waals surface area contributed by atoms with Crippen molar-refractivity contribution in [2.45, 2.75) is 0 Å². The first kappa shape index (κ1) is 13.2. The van der Waals surface area contributed by atoms with Crippen molar-refractivity contribution in [2.75, 3.05) is 0 Å². The first-order valence-electron chi connectivity index (χ1n) is 7.58. The van der Waals surface area contributed by atoms with E-state index < -0.39 is 0 Å². The maximum Gasteiger partial charge on any atom is 0.138 e. The summed E-state index contributed by atoms with van der Waals surface area (Å²) in [5.74, 6) is 0. The molecule has 24 heavy (non-hydrogen) atoms. The third-order valence-electron chi connectivity index (χ3n) is 4.23. The average molecular weight is 318 g/mol. The fourth-order valence-corrected chi connectivity index (χ4v) is 3.05. The monoisotopic (exact) mass is 318 g/mol. The highest BCUT2D eigenvalue weighted by molar-refractivity contribution is 6.05. The highest BCUT2D eigenvalue weighted by atomic mass is 16.3. The molecule has 4 heterocycles. The van der Waals surface area contributed by atoms with E-state index in [2.05, 4.69) is 16.0 Å². The lowest BCUT2D eigenvalue weighted by Gasteiger charge is -1.96. The summed E-state index contributed by atoms with van der Waals surface area (Å²) in [6.07, 6.45) is 11.0. The molecular weight excluding hydrogens is 304 g/mol. The van der Waals surface area contributed by atoms with E-state index in [0.717, 1.165) is 44.5 Å². The summed E-state index contributed by atoms with van der Waals surface area (Å²) in [6.45, 7) is 0. The van der Waals surface area contributed by atoms with Gasteiger partial charge in [-0.1, -0.05) is 0 Å². The molecule has 6 heteroatoms. The van der Waals surface area contributed by atoms with Crippen molar-refractivity contribution in [3.05, 3.63) is 49.7 Å². The van der Waals surface area contributed by atoms with Gasteiger partial charge in [0.2, 0.25) is 0 Å². The molecule has 0 bridgehead atoms. The molecule has 0 saturated carbocycles. The second-order valence-corrected chi connectivity index (χ2v) is 5.99. The van der Waals surface area contributed by atoms with Crippen LogP contribution in [-0.4, -0.2) is 19.1 Å². The lowest BCUT2D eigenvalue weighted by atomic mass is 10.1. The third kappa shape index (κ3) is 1.83. The third-order valence-corrected chi connectivity index (χ3v) is 4.23. The van der Waals surface area contributed by atoms with E-state index in [-0.39, 0.29) is 0 Å². The van der Waals surface area contributed by atoms with Gasteiger partial charge in [-0.2, -0.15) is 0 Å². The van der Waals surface area contributed by atoms with Crippen LogP contribution in [0.3, 0.4) is 0 Å². The highest BCUT2D eigenvalue weighted by Crippen LogP contribution is 2.37. The number of hydrogen-bond donors (Lipinski definition) is 0. The highest BCUT2D eigenvalue weighted by Gasteiger charge is 2.16. The number of imidazole rings is 2. The SMILES string of the molecule is Cn1cnc(-c2coc3cc4occ(-c5cn(C)cn5)c4cc23)c1. The minimum absolute atomic E-state index is 0.782. The lowest BCUT2D eigenvalue weighted by molar-refractivity contribution is 0.605. The topological polar surface area (TPSA) is 61.9 Å². The number of benzene rings is 1. The lowest BCUT2D eigenvalue weighted by Crippen LogP contribution is -1.79. The Balaban J connectivity index is 1.78. The zero-order chi connectivity index (χ0) is 16.3. The molecule has 0 spiro atoms. The van der Waals surface area contributed by atoms with Crippen LogP contribution < -0.4 is 0 Å². The van der Waals surface area contributed by atoms with E-state index in [1.807, 2.05) is 41.7 Å². The molecule has 118 valence electrons. The zero-order valence-electron chi connectivity index (χ0n) is 13.2. The minimum atomic E-state index is 0.782. The zero-order valence-corrected chi connectivity index (χ0v) is 13.2. The van der Waals surface area contributed by atoms with Crippen molar-refractivity contribution in [3.63, 3.8) is 0 Å². The molecule has 1 aromatic carbocycles. The summed E-state index contributed by atoms with van der Waals surface area (Å²) >= 11 is 0. The fraction of sp³-hybridized carbons (Fsp3) is 0.111. The number of furan rings is 2. The summed E-state index contributed by atoms with van der Waals surface area (Å²) in [7, 11) is 3.90. The number of rotatable bonds is 2. The van der Waals surface area contributed by atoms with E-state index in [0.29, 0.717) is 0 Å². The van der Waals surface area contributed by atoms with Crippen LogP contribution in [0.4, 0.5) is 0 Å². The van der Waals surface area contributed by atoms with Crippen molar-refractivity contribution < 1.29 is 8.83 Å². The summed E-state index contributed by atoms with van der Waals surface area (Å²) in [4.78, 5) is 8.85. The summed E-state index contributed by atoms with van der Waals surface area (Å²) < 4.78 is 15.3. The minimum Gasteiger partial charge on any atom is -0.463 e. The Hall–Kier alpha value is -3.28. The Morgan fingerprint density at radius 3 is 1.67 bits per heavy atom. The van der Waals surface area contributed by atoms with Gasteiger partial charge in [-0.05, 0) is 6.07 Å². The van der Waals surface area contributed by atoms with Gasteiger partial charge in [0.15, 0.2) is 0 Å². The first-order chi connectivity index (χ1) is 11.7. The van der Waals surface area contributed by atoms with Crippen LogP contribution in [0.1, 0.15) is 0 Å². The van der Waals surface area contributed by atoms with Crippen molar-refractivity contribution in [2.24, 2.45) is 14.1 Å². The summed E-state index contributed by atoms with van der Waals surface area (Å²) in [5.41, 5.74) is 5.29. The van der Waals surface area contributed by atoms with Gasteiger partial charge in [0.1, 0.15) is 23.7 Å². The second-order valence-electron chi connectivity index (χ2n) is 5.99. The molecule has 0 atom stereocenters. The van der Waals surface area contributed by atoms with Crippen molar-refractivity contribution >= 4 is 21.9 Å². The Morgan fingerprint density at radius 2 is 1.25 bits per heavy atom. The quantitative estimate of drug-likeness (QED) is 0.494. The Kier molecular flexibility index (Phi) is 2.53. The van der Waals surface area contributed by atoms with Crippen molar-refractivity contribution in [1.82, 2.24) is 19.1 Å². The van der Waals surface area contributed by atoms with Crippen LogP contribution in [0.15, 0.2) is 58.5 Å². The molecule has 5 aromatic rings. The predicted molar refractivity (Wildman–Crippen MR) is 90.4 cm³/mol. The molecule has 0 aliphatic rings. The van der Waals surface area contributed by atoms with Gasteiger partial charge in [0.05, 0.1) is 24.0 Å². The van der Waals surface area contributed by atoms with Gasteiger partial charge < -0.3 is 18.0 Å². The molecule has 0 amide bonds. The molecule has 0 radical (unpaired) electrons. The van der Waals surface area contributed by atoms with Crippen LogP contribution in [0.25, 0.3) is 44.5 Å². The summed E-state index contributed by atoms with van der Waals surface area (Å²) in [6, 6.07) is 4.01. The largest absolute Gasteiger partial charge is 0.463 e. The average Bonchev–Trinajstić information content (AvgIpc) is 3.31. The molecule has 0 saturated heterocycles. The van der Waals surface area contributed by atoms with Crippen molar-refractivity contribution in [3.8, 4) is 22.5 Å². The number of aryl methyl sites for hydroxylation is 2. The van der Waals surface area contributed by atoms with Gasteiger partial charge in [-0.25, -0.2) is 9.97 Å². The Morgan fingerprint density at radius 1 is 0.750 bits per heavy atom. The molecule has 0 N–H and O–H groups in total. The van der Waals surface area contributed by atoms with E-state index in [1.54, 1.807) is 25.2 Å². The van der Waals surface area contributed by atoms with Crippen LogP contribution in [-0.2, 0) is 14.1 Å².